The summed E-state index contributed by atoms with van der Waals surface area (Å²) in [4.78, 5) is 19.5. The molecule has 5 nitrogen and oxygen atoms in total. The number of phenols is 1. The minimum Gasteiger partial charge on any atom is -0.507 e. The number of amides is 1. The van der Waals surface area contributed by atoms with Gasteiger partial charge in [-0.25, -0.2) is 0 Å². The Morgan fingerprint density at radius 3 is 2.74 bits per heavy atom. The summed E-state index contributed by atoms with van der Waals surface area (Å²) in [5, 5.41) is 9.72. The molecule has 96 valence electrons. The fraction of sp³-hybridized carbons (Fsp3) is 0.0714. The van der Waals surface area contributed by atoms with Crippen molar-refractivity contribution in [2.24, 2.45) is 10.7 Å². The molecule has 0 aliphatic carbocycles. The van der Waals surface area contributed by atoms with E-state index in [2.05, 4.69) is 9.98 Å². The Hall–Kier alpha value is -2.69. The Morgan fingerprint density at radius 2 is 2.11 bits per heavy atom. The Bertz CT molecular complexity index is 632. The Morgan fingerprint density at radius 1 is 1.32 bits per heavy atom. The van der Waals surface area contributed by atoms with Crippen molar-refractivity contribution >= 4 is 11.7 Å². The lowest BCUT2D eigenvalue weighted by atomic mass is 10.0. The first-order valence-electron chi connectivity index (χ1n) is 5.66. The first-order chi connectivity index (χ1) is 9.08. The maximum absolute atomic E-state index is 11.8. The summed E-state index contributed by atoms with van der Waals surface area (Å²) in [7, 11) is 0. The van der Waals surface area contributed by atoms with Crippen LogP contribution in [-0.2, 0) is 0 Å². The molecule has 3 N–H and O–H groups in total. The number of nitrogens with two attached hydrogens (primary N) is 1. The standard InChI is InChI=1S/C14H13N3O2/c1-9(15)17-14(19)12-7-10(4-5-13(12)18)11-3-2-6-16-8-11/h2-8,18H,1H3,(H2,15,17,19). The molecule has 0 atom stereocenters. The van der Waals surface area contributed by atoms with Gasteiger partial charge in [-0.2, -0.15) is 4.99 Å². The number of hydrogen-bond acceptors (Lipinski definition) is 3. The average molecular weight is 255 g/mol. The van der Waals surface area contributed by atoms with Crippen LogP contribution < -0.4 is 5.73 Å². The first kappa shape index (κ1) is 12.8. The molecule has 5 heteroatoms. The fourth-order valence-corrected chi connectivity index (χ4v) is 1.64. The van der Waals surface area contributed by atoms with Crippen LogP contribution in [0, 0.1) is 0 Å². The summed E-state index contributed by atoms with van der Waals surface area (Å²) in [6.07, 6.45) is 3.34. The molecule has 1 heterocycles. The number of phenolic OH excluding ortho intramolecular Hbond substituents is 1. The SMILES string of the molecule is CC(N)=NC(=O)c1cc(-c2cccnc2)ccc1O. The number of aliphatic imine (C=N–C) groups is 1. The van der Waals surface area contributed by atoms with Crippen LogP contribution in [0.4, 0.5) is 0 Å². The van der Waals surface area contributed by atoms with Gasteiger partial charge in [-0.15, -0.1) is 0 Å². The van der Waals surface area contributed by atoms with Crippen molar-refractivity contribution in [3.8, 4) is 16.9 Å². The van der Waals surface area contributed by atoms with Gasteiger partial charge >= 0.3 is 0 Å². The second-order valence-corrected chi connectivity index (χ2v) is 4.03. The van der Waals surface area contributed by atoms with Gasteiger partial charge < -0.3 is 10.8 Å². The topological polar surface area (TPSA) is 88.6 Å². The third-order valence-corrected chi connectivity index (χ3v) is 2.50. The zero-order valence-electron chi connectivity index (χ0n) is 10.4. The van der Waals surface area contributed by atoms with Gasteiger partial charge in [-0.1, -0.05) is 12.1 Å². The summed E-state index contributed by atoms with van der Waals surface area (Å²) in [5.41, 5.74) is 7.11. The zero-order chi connectivity index (χ0) is 13.8. The van der Waals surface area contributed by atoms with E-state index >= 15 is 0 Å². The summed E-state index contributed by atoms with van der Waals surface area (Å²) in [6, 6.07) is 8.40. The van der Waals surface area contributed by atoms with Crippen LogP contribution in [0.15, 0.2) is 47.7 Å². The van der Waals surface area contributed by atoms with Crippen LogP contribution in [0.25, 0.3) is 11.1 Å². The van der Waals surface area contributed by atoms with E-state index in [4.69, 9.17) is 5.73 Å². The molecule has 0 aliphatic heterocycles. The third kappa shape index (κ3) is 2.95. The van der Waals surface area contributed by atoms with Gasteiger partial charge in [0.05, 0.1) is 5.56 Å². The molecule has 2 rings (SSSR count). The number of aromatic hydroxyl groups is 1. The van der Waals surface area contributed by atoms with E-state index in [0.29, 0.717) is 0 Å². The third-order valence-electron chi connectivity index (χ3n) is 2.50. The van der Waals surface area contributed by atoms with Crippen LogP contribution in [-0.4, -0.2) is 21.8 Å². The molecule has 1 aromatic carbocycles. The number of carbonyl (C=O) groups excluding carboxylic acids is 1. The van der Waals surface area contributed by atoms with Crippen LogP contribution in [0.3, 0.4) is 0 Å². The van der Waals surface area contributed by atoms with Crippen molar-refractivity contribution in [2.75, 3.05) is 0 Å². The lowest BCUT2D eigenvalue weighted by Gasteiger charge is -2.05. The number of rotatable bonds is 2. The van der Waals surface area contributed by atoms with Crippen molar-refractivity contribution in [3.63, 3.8) is 0 Å². The van der Waals surface area contributed by atoms with Gasteiger partial charge in [0.15, 0.2) is 0 Å². The van der Waals surface area contributed by atoms with Gasteiger partial charge in [0, 0.05) is 18.0 Å². The molecule has 0 spiro atoms. The highest BCUT2D eigenvalue weighted by atomic mass is 16.3. The molecule has 0 bridgehead atoms. The Labute approximate surface area is 110 Å². The van der Waals surface area contributed by atoms with E-state index in [1.807, 2.05) is 6.07 Å². The number of carbonyl (C=O) groups is 1. The minimum atomic E-state index is -0.566. The summed E-state index contributed by atoms with van der Waals surface area (Å²) in [5.74, 6) is -0.540. The van der Waals surface area contributed by atoms with Gasteiger partial charge in [-0.05, 0) is 30.7 Å². The van der Waals surface area contributed by atoms with E-state index in [-0.39, 0.29) is 17.1 Å². The highest BCUT2D eigenvalue weighted by Gasteiger charge is 2.12. The number of benzene rings is 1. The van der Waals surface area contributed by atoms with Crippen LogP contribution in [0.1, 0.15) is 17.3 Å². The van der Waals surface area contributed by atoms with E-state index in [0.717, 1.165) is 11.1 Å². The fourth-order valence-electron chi connectivity index (χ4n) is 1.64. The number of aromatic nitrogens is 1. The predicted octanol–water partition coefficient (Wildman–Crippen LogP) is 1.97. The van der Waals surface area contributed by atoms with E-state index in [1.54, 1.807) is 30.6 Å². The molecule has 0 unspecified atom stereocenters. The number of hydrogen-bond donors (Lipinski definition) is 2. The van der Waals surface area contributed by atoms with Crippen molar-refractivity contribution in [1.29, 1.82) is 0 Å². The van der Waals surface area contributed by atoms with Gasteiger partial charge in [-0.3, -0.25) is 9.78 Å². The van der Waals surface area contributed by atoms with Crippen LogP contribution in [0.5, 0.6) is 5.75 Å². The molecular weight excluding hydrogens is 242 g/mol. The summed E-state index contributed by atoms with van der Waals surface area (Å²) in [6.45, 7) is 1.51. The van der Waals surface area contributed by atoms with Crippen molar-refractivity contribution in [1.82, 2.24) is 4.98 Å². The predicted molar refractivity (Wildman–Crippen MR) is 73.0 cm³/mol. The van der Waals surface area contributed by atoms with Crippen LogP contribution in [0.2, 0.25) is 0 Å². The minimum absolute atomic E-state index is 0.117. The largest absolute Gasteiger partial charge is 0.507 e. The highest BCUT2D eigenvalue weighted by Crippen LogP contribution is 2.25. The molecule has 0 fully saturated rings. The number of nitrogens with zero attached hydrogens (tertiary/aromatic N) is 2. The lowest BCUT2D eigenvalue weighted by molar-refractivity contribution is 0.100. The molecule has 1 aromatic heterocycles. The number of amidine groups is 1. The Kier molecular flexibility index (Phi) is 3.56. The first-order valence-corrected chi connectivity index (χ1v) is 5.66. The molecule has 2 aromatic rings. The second kappa shape index (κ2) is 5.30. The monoisotopic (exact) mass is 255 g/mol. The molecule has 0 aliphatic rings. The van der Waals surface area contributed by atoms with Crippen LogP contribution >= 0.6 is 0 Å². The molecule has 0 radical (unpaired) electrons. The smallest absolute Gasteiger partial charge is 0.282 e. The van der Waals surface area contributed by atoms with E-state index in [9.17, 15) is 9.90 Å². The molecular formula is C14H13N3O2. The molecule has 0 saturated carbocycles. The molecule has 0 saturated heterocycles. The molecule has 19 heavy (non-hydrogen) atoms. The van der Waals surface area contributed by atoms with Gasteiger partial charge in [0.1, 0.15) is 11.6 Å². The van der Waals surface area contributed by atoms with Gasteiger partial charge in [0.25, 0.3) is 5.91 Å². The second-order valence-electron chi connectivity index (χ2n) is 4.03. The molecule has 1 amide bonds. The zero-order valence-corrected chi connectivity index (χ0v) is 10.4. The van der Waals surface area contributed by atoms with Gasteiger partial charge in [0.2, 0.25) is 0 Å². The quantitative estimate of drug-likeness (QED) is 0.634. The maximum atomic E-state index is 11.8. The highest BCUT2D eigenvalue weighted by molar-refractivity contribution is 6.04. The van der Waals surface area contributed by atoms with E-state index < -0.39 is 5.91 Å². The van der Waals surface area contributed by atoms with Crippen molar-refractivity contribution in [3.05, 3.63) is 48.3 Å². The van der Waals surface area contributed by atoms with Crippen molar-refractivity contribution < 1.29 is 9.90 Å². The summed E-state index contributed by atoms with van der Waals surface area (Å²) >= 11 is 0. The maximum Gasteiger partial charge on any atom is 0.282 e. The number of pyridine rings is 1. The lowest BCUT2D eigenvalue weighted by Crippen LogP contribution is -2.09. The average Bonchev–Trinajstić information content (AvgIpc) is 2.39. The summed E-state index contributed by atoms with van der Waals surface area (Å²) < 4.78 is 0. The normalized spacial score (nSPS) is 11.3. The van der Waals surface area contributed by atoms with Crippen molar-refractivity contribution in [2.45, 2.75) is 6.92 Å². The Balaban J connectivity index is 2.46. The van der Waals surface area contributed by atoms with E-state index in [1.165, 1.54) is 13.0 Å².